The van der Waals surface area contributed by atoms with Gasteiger partial charge < -0.3 is 15.8 Å². The summed E-state index contributed by atoms with van der Waals surface area (Å²) in [6, 6.07) is 0. The van der Waals surface area contributed by atoms with Crippen LogP contribution in [0.2, 0.25) is 0 Å². The molecule has 0 aliphatic carbocycles. The zero-order valence-corrected chi connectivity index (χ0v) is 5.90. The largest absolute Gasteiger partial charge is 3.00 e. The number of rotatable bonds is 0. The molecule has 0 aromatic heterocycles. The zero-order chi connectivity index (χ0) is 3.58. The summed E-state index contributed by atoms with van der Waals surface area (Å²) in [6.45, 7) is 0. The van der Waals surface area contributed by atoms with Crippen LogP contribution >= 0.6 is 0 Å². The minimum absolute atomic E-state index is 0. The first-order chi connectivity index (χ1) is 1.73. The maximum absolute atomic E-state index is 8.57. The molecule has 0 atom stereocenters. The predicted molar refractivity (Wildman–Crippen MR) is 6.44 cm³/mol. The molecule has 0 aromatic carbocycles. The number of halogens is 1. The van der Waals surface area contributed by atoms with Crippen molar-refractivity contribution >= 4 is 17.4 Å². The van der Waals surface area contributed by atoms with E-state index in [2.05, 4.69) is 0 Å². The van der Waals surface area contributed by atoms with Crippen LogP contribution in [0.5, 0.6) is 0 Å². The van der Waals surface area contributed by atoms with Crippen molar-refractivity contribution in [3.05, 3.63) is 0 Å². The molecule has 0 aromatic rings. The molecule has 6 heavy (non-hydrogen) atoms. The predicted octanol–water partition coefficient (Wildman–Crippen LogP) is -7.06. The Bertz CT molecular complexity index is 12.3. The van der Waals surface area contributed by atoms with Gasteiger partial charge in [0.05, 0.1) is 0 Å². The minimum atomic E-state index is -4.01. The first kappa shape index (κ1) is 15.7. The molecule has 0 saturated carbocycles. The van der Waals surface area contributed by atoms with Crippen molar-refractivity contribution in [3.8, 4) is 0 Å². The summed E-state index contributed by atoms with van der Waals surface area (Å²) in [7, 11) is 0. The maximum Gasteiger partial charge on any atom is 3.00 e. The van der Waals surface area contributed by atoms with Gasteiger partial charge in [-0.25, -0.2) is 0 Å². The quantitative estimate of drug-likeness (QED) is 0.298. The Hall–Kier alpha value is 1.10. The second kappa shape index (κ2) is 9.44. The molecule has 0 N–H and O–H groups in total. The fraction of sp³-hybridized carbons (Fsp3) is 0. The van der Waals surface area contributed by atoms with E-state index in [4.69, 9.17) is 10.3 Å². The topological polar surface area (TPSA) is 97.7 Å². The first-order valence-electron chi connectivity index (χ1n) is 0.463. The first-order valence-corrected chi connectivity index (χ1v) is 3.11. The smallest absolute Gasteiger partial charge is 2.00 e. The van der Waals surface area contributed by atoms with E-state index in [0.29, 0.717) is 0 Å². The normalized spacial score (nSPS) is 6.00. The van der Waals surface area contributed by atoms with Crippen LogP contribution < -0.4 is 31.4 Å². The molecule has 0 aliphatic heterocycles. The maximum atomic E-state index is 8.57. The summed E-state index contributed by atoms with van der Waals surface area (Å²) in [4.78, 5) is 0. The van der Waals surface area contributed by atoms with Crippen LogP contribution in [0.4, 0.5) is 0 Å². The van der Waals surface area contributed by atoms with Crippen molar-refractivity contribution in [1.82, 2.24) is 0 Å². The van der Waals surface area contributed by atoms with Gasteiger partial charge in [-0.05, 0) is 0 Å². The van der Waals surface area contributed by atoms with E-state index in [-0.39, 0.29) is 22.8 Å². The van der Waals surface area contributed by atoms with Crippen molar-refractivity contribution < 1.29 is 36.8 Å². The molecule has 0 rings (SSSR count). The molecule has 0 spiro atoms. The van der Waals surface area contributed by atoms with Gasteiger partial charge in [-0.15, -0.1) is 0 Å². The molecular weight excluding hydrogens is 218 g/mol. The van der Waals surface area contributed by atoms with E-state index in [1.165, 1.54) is 0 Å². The van der Waals surface area contributed by atoms with E-state index in [9.17, 15) is 0 Å². The van der Waals surface area contributed by atoms with Crippen molar-refractivity contribution in [2.24, 2.45) is 0 Å². The van der Waals surface area contributed by atoms with E-state index < -0.39 is 21.1 Å². The summed E-state index contributed by atoms with van der Waals surface area (Å²) >= 11 is -4.01. The van der Waals surface area contributed by atoms with Crippen LogP contribution in [-0.2, 0) is 5.48 Å². The Kier molecular flexibility index (Phi) is 24.7. The molecule has 0 aliphatic rings. The molecule has 4 nitrogen and oxygen atoms in total. The summed E-state index contributed by atoms with van der Waals surface area (Å²) in [5, 5.41) is 0. The zero-order valence-electron chi connectivity index (χ0n) is 2.59. The molecule has 0 amide bonds. The summed E-state index contributed by atoms with van der Waals surface area (Å²) in [6.07, 6.45) is 0. The van der Waals surface area contributed by atoms with Crippen LogP contribution in [0.25, 0.3) is 0 Å². The van der Waals surface area contributed by atoms with E-state index in [0.717, 1.165) is 0 Å². The Morgan fingerprint density at radius 3 is 1.00 bits per heavy atom. The van der Waals surface area contributed by atoms with E-state index in [1.54, 1.807) is 0 Å². The Balaban J connectivity index is -0.0000000450. The monoisotopic (exact) mass is 218 g/mol. The van der Waals surface area contributed by atoms with Crippen LogP contribution in [-0.4, -0.2) is 17.4 Å². The molecule has 0 radical (unpaired) electrons. The van der Waals surface area contributed by atoms with Gasteiger partial charge in [0.25, 0.3) is 21.1 Å². The molecule has 0 unspecified atom stereocenters. The van der Waals surface area contributed by atoms with Crippen LogP contribution in [0.3, 0.4) is 0 Å². The number of hydrogen-bond acceptors (Lipinski definition) is 3. The van der Waals surface area contributed by atoms with Gasteiger partial charge in [0, 0.05) is 0 Å². The average molecular weight is 218 g/mol. The van der Waals surface area contributed by atoms with E-state index in [1.807, 2.05) is 0 Å². The van der Waals surface area contributed by atoms with Crippen LogP contribution in [0.1, 0.15) is 0 Å². The van der Waals surface area contributed by atoms with Gasteiger partial charge in [-0.3, -0.25) is 0 Å². The molecular formula is AlIO4. The van der Waals surface area contributed by atoms with E-state index >= 15 is 0 Å². The third-order valence-electron chi connectivity index (χ3n) is 0. The Labute approximate surface area is 54.3 Å². The van der Waals surface area contributed by atoms with Crippen molar-refractivity contribution in [2.75, 3.05) is 0 Å². The standard InChI is InChI=1S/Al.IO3.O/c;2-1(3)4;/q+3;-1;-2. The van der Waals surface area contributed by atoms with Gasteiger partial charge in [0.15, 0.2) is 0 Å². The number of hydrogen-bond donors (Lipinski definition) is 0. The third-order valence-corrected chi connectivity index (χ3v) is 0. The Morgan fingerprint density at radius 1 is 1.00 bits per heavy atom. The minimum Gasteiger partial charge on any atom is -2.00 e. The third kappa shape index (κ3) is 70.7. The molecule has 0 heterocycles. The van der Waals surface area contributed by atoms with Gasteiger partial charge >= 0.3 is 17.4 Å². The van der Waals surface area contributed by atoms with Gasteiger partial charge in [0.2, 0.25) is 0 Å². The van der Waals surface area contributed by atoms with Crippen molar-refractivity contribution in [2.45, 2.75) is 0 Å². The molecule has 6 heteroatoms. The van der Waals surface area contributed by atoms with Gasteiger partial charge in [-0.1, -0.05) is 0 Å². The molecule has 0 saturated heterocycles. The molecule has 0 bridgehead atoms. The second-order valence-electron chi connectivity index (χ2n) is 0.189. The summed E-state index contributed by atoms with van der Waals surface area (Å²) < 4.78 is 25.7. The molecule has 0 fully saturated rings. The van der Waals surface area contributed by atoms with Crippen LogP contribution in [0, 0.1) is 0 Å². The fourth-order valence-corrected chi connectivity index (χ4v) is 0. The van der Waals surface area contributed by atoms with Crippen LogP contribution in [0.15, 0.2) is 0 Å². The van der Waals surface area contributed by atoms with Gasteiger partial charge in [-0.2, -0.15) is 0 Å². The SMILES string of the molecule is [Al+3].[O-2].[O-][I+2]([O-])[O-]. The Morgan fingerprint density at radius 2 is 1.00 bits per heavy atom. The summed E-state index contributed by atoms with van der Waals surface area (Å²) in [5.41, 5.74) is 0. The van der Waals surface area contributed by atoms with Crippen molar-refractivity contribution in [1.29, 1.82) is 0 Å². The second-order valence-corrected chi connectivity index (χ2v) is 1.27. The van der Waals surface area contributed by atoms with Crippen molar-refractivity contribution in [3.63, 3.8) is 0 Å². The fourth-order valence-electron chi connectivity index (χ4n) is 0. The summed E-state index contributed by atoms with van der Waals surface area (Å²) in [5.74, 6) is 0. The van der Waals surface area contributed by atoms with Gasteiger partial charge in [0.1, 0.15) is 0 Å². The molecule has 34 valence electrons. The average Bonchev–Trinajstić information content (AvgIpc) is 0.811.